The maximum atomic E-state index is 12.5. The molecule has 0 saturated heterocycles. The van der Waals surface area contributed by atoms with E-state index in [1.807, 2.05) is 24.3 Å². The predicted octanol–water partition coefficient (Wildman–Crippen LogP) is 3.40. The van der Waals surface area contributed by atoms with Gasteiger partial charge in [-0.25, -0.2) is 0 Å². The predicted molar refractivity (Wildman–Crippen MR) is 106 cm³/mol. The minimum atomic E-state index is -0.382. The fourth-order valence-electron chi connectivity index (χ4n) is 2.37. The monoisotopic (exact) mass is 374 g/mol. The van der Waals surface area contributed by atoms with Crippen molar-refractivity contribution in [1.29, 1.82) is 0 Å². The maximum absolute atomic E-state index is 12.5. The van der Waals surface area contributed by atoms with Crippen molar-refractivity contribution in [2.45, 2.75) is 13.3 Å². The Morgan fingerprint density at radius 1 is 1.00 bits per heavy atom. The van der Waals surface area contributed by atoms with Crippen LogP contribution < -0.4 is 24.8 Å². The van der Waals surface area contributed by atoms with Crippen LogP contribution in [-0.4, -0.2) is 32.3 Å². The van der Waals surface area contributed by atoms with E-state index in [0.717, 1.165) is 12.1 Å². The summed E-state index contributed by atoms with van der Waals surface area (Å²) in [6.45, 7) is 2.09. The molecule has 2 N–H and O–H groups in total. The van der Waals surface area contributed by atoms with Gasteiger partial charge in [0.2, 0.25) is 5.75 Å². The maximum Gasteiger partial charge on any atom is 0.257 e. The number of carbonyl (C=O) groups excluding carboxylic acids is 1. The number of ether oxygens (including phenoxy) is 3. The summed E-state index contributed by atoms with van der Waals surface area (Å²) < 4.78 is 15.8. The van der Waals surface area contributed by atoms with E-state index in [1.54, 1.807) is 12.1 Å². The molecule has 0 spiro atoms. The molecular weight excluding hydrogens is 352 g/mol. The molecule has 0 aliphatic heterocycles. The van der Waals surface area contributed by atoms with Crippen LogP contribution in [0.3, 0.4) is 0 Å². The number of hydrogen-bond donors (Lipinski definition) is 2. The molecule has 0 bridgehead atoms. The van der Waals surface area contributed by atoms with Gasteiger partial charge in [-0.15, -0.1) is 0 Å². The number of nitrogens with one attached hydrogen (secondary N) is 2. The zero-order valence-electron chi connectivity index (χ0n) is 15.2. The zero-order valence-corrected chi connectivity index (χ0v) is 16.0. The molecule has 0 aromatic heterocycles. The summed E-state index contributed by atoms with van der Waals surface area (Å²) in [5.41, 5.74) is 2.37. The van der Waals surface area contributed by atoms with Gasteiger partial charge in [0.25, 0.3) is 5.91 Å². The average Bonchev–Trinajstić information content (AvgIpc) is 2.67. The largest absolute Gasteiger partial charge is 0.493 e. The molecule has 2 aromatic rings. The first kappa shape index (κ1) is 19.5. The van der Waals surface area contributed by atoms with Gasteiger partial charge in [0.15, 0.2) is 16.6 Å². The minimum absolute atomic E-state index is 0.202. The molecule has 138 valence electrons. The lowest BCUT2D eigenvalue weighted by Gasteiger charge is -2.14. The smallest absolute Gasteiger partial charge is 0.257 e. The van der Waals surface area contributed by atoms with Gasteiger partial charge in [-0.2, -0.15) is 0 Å². The number of carbonyl (C=O) groups is 1. The van der Waals surface area contributed by atoms with Crippen molar-refractivity contribution in [3.8, 4) is 17.2 Å². The second-order valence-corrected chi connectivity index (χ2v) is 5.78. The van der Waals surface area contributed by atoms with E-state index in [4.69, 9.17) is 26.4 Å². The molecule has 0 aliphatic carbocycles. The van der Waals surface area contributed by atoms with Gasteiger partial charge >= 0.3 is 0 Å². The van der Waals surface area contributed by atoms with Crippen molar-refractivity contribution in [3.63, 3.8) is 0 Å². The second-order valence-electron chi connectivity index (χ2n) is 5.37. The van der Waals surface area contributed by atoms with Gasteiger partial charge in [-0.3, -0.25) is 10.1 Å². The Balaban J connectivity index is 2.11. The first-order chi connectivity index (χ1) is 12.5. The number of hydrogen-bond acceptors (Lipinski definition) is 5. The van der Waals surface area contributed by atoms with E-state index < -0.39 is 0 Å². The molecule has 0 atom stereocenters. The quantitative estimate of drug-likeness (QED) is 0.756. The number of thiocarbonyl (C=S) groups is 1. The summed E-state index contributed by atoms with van der Waals surface area (Å²) in [6, 6.07) is 11.0. The van der Waals surface area contributed by atoms with Crippen LogP contribution in [0.25, 0.3) is 0 Å². The first-order valence-electron chi connectivity index (χ1n) is 8.03. The van der Waals surface area contributed by atoms with Crippen molar-refractivity contribution >= 4 is 28.9 Å². The number of anilines is 1. The summed E-state index contributed by atoms with van der Waals surface area (Å²) in [4.78, 5) is 12.5. The SMILES string of the molecule is CCc1ccc(NC(=S)NC(=O)c2cc(OC)c(OC)c(OC)c2)cc1. The molecule has 0 aliphatic rings. The van der Waals surface area contributed by atoms with Crippen LogP contribution in [0.1, 0.15) is 22.8 Å². The molecule has 26 heavy (non-hydrogen) atoms. The number of benzene rings is 2. The summed E-state index contributed by atoms with van der Waals surface area (Å²) in [5, 5.41) is 5.83. The second kappa shape index (κ2) is 9.05. The molecule has 0 saturated carbocycles. The van der Waals surface area contributed by atoms with Gasteiger partial charge in [-0.05, 0) is 48.5 Å². The number of aryl methyl sites for hydroxylation is 1. The molecule has 1 amide bonds. The highest BCUT2D eigenvalue weighted by Gasteiger charge is 2.17. The Bertz CT molecular complexity index is 766. The molecule has 0 unspecified atom stereocenters. The highest BCUT2D eigenvalue weighted by atomic mass is 32.1. The normalized spacial score (nSPS) is 10.0. The molecule has 0 radical (unpaired) electrons. The fourth-order valence-corrected chi connectivity index (χ4v) is 2.58. The lowest BCUT2D eigenvalue weighted by atomic mass is 10.1. The topological polar surface area (TPSA) is 68.8 Å². The van der Waals surface area contributed by atoms with Crippen LogP contribution in [0, 0.1) is 0 Å². The van der Waals surface area contributed by atoms with Gasteiger partial charge in [-0.1, -0.05) is 19.1 Å². The highest BCUT2D eigenvalue weighted by Crippen LogP contribution is 2.38. The summed E-state index contributed by atoms with van der Waals surface area (Å²) in [5.74, 6) is 0.826. The molecule has 0 fully saturated rings. The molecule has 2 rings (SSSR count). The number of methoxy groups -OCH3 is 3. The van der Waals surface area contributed by atoms with Gasteiger partial charge in [0, 0.05) is 11.3 Å². The molecule has 6 nitrogen and oxygen atoms in total. The van der Waals surface area contributed by atoms with Crippen LogP contribution in [0.4, 0.5) is 5.69 Å². The minimum Gasteiger partial charge on any atom is -0.493 e. The Morgan fingerprint density at radius 3 is 2.04 bits per heavy atom. The van der Waals surface area contributed by atoms with Crippen molar-refractivity contribution in [3.05, 3.63) is 47.5 Å². The Morgan fingerprint density at radius 2 is 1.58 bits per heavy atom. The van der Waals surface area contributed by atoms with E-state index in [0.29, 0.717) is 22.8 Å². The lowest BCUT2D eigenvalue weighted by Crippen LogP contribution is -2.34. The molecule has 7 heteroatoms. The zero-order chi connectivity index (χ0) is 19.1. The Kier molecular flexibility index (Phi) is 6.80. The van der Waals surface area contributed by atoms with E-state index in [-0.39, 0.29) is 11.0 Å². The third-order valence-corrected chi connectivity index (χ3v) is 3.98. The molecular formula is C19H22N2O4S. The van der Waals surface area contributed by atoms with Gasteiger partial charge < -0.3 is 19.5 Å². The summed E-state index contributed by atoms with van der Waals surface area (Å²) in [7, 11) is 4.49. The van der Waals surface area contributed by atoms with Crippen molar-refractivity contribution in [1.82, 2.24) is 5.32 Å². The summed E-state index contributed by atoms with van der Waals surface area (Å²) >= 11 is 5.21. The molecule has 0 heterocycles. The summed E-state index contributed by atoms with van der Waals surface area (Å²) in [6.07, 6.45) is 0.961. The average molecular weight is 374 g/mol. The Hall–Kier alpha value is -2.80. The third-order valence-electron chi connectivity index (χ3n) is 3.77. The van der Waals surface area contributed by atoms with Gasteiger partial charge in [0.05, 0.1) is 21.3 Å². The number of rotatable bonds is 6. The van der Waals surface area contributed by atoms with Crippen LogP contribution in [0.15, 0.2) is 36.4 Å². The number of amides is 1. The van der Waals surface area contributed by atoms with Crippen molar-refractivity contribution in [2.75, 3.05) is 26.6 Å². The first-order valence-corrected chi connectivity index (χ1v) is 8.44. The standard InChI is InChI=1S/C19H22N2O4S/c1-5-12-6-8-14(9-7-12)20-19(26)21-18(22)13-10-15(23-2)17(25-4)16(11-13)24-3/h6-11H,5H2,1-4H3,(H2,20,21,22,26). The van der Waals surface area contributed by atoms with Crippen LogP contribution in [-0.2, 0) is 6.42 Å². The van der Waals surface area contributed by atoms with Crippen LogP contribution in [0.5, 0.6) is 17.2 Å². The van der Waals surface area contributed by atoms with E-state index >= 15 is 0 Å². The lowest BCUT2D eigenvalue weighted by molar-refractivity contribution is 0.0977. The van der Waals surface area contributed by atoms with E-state index in [2.05, 4.69) is 17.6 Å². The van der Waals surface area contributed by atoms with Gasteiger partial charge in [0.1, 0.15) is 0 Å². The third kappa shape index (κ3) is 4.64. The van der Waals surface area contributed by atoms with Crippen LogP contribution >= 0.6 is 12.2 Å². The van der Waals surface area contributed by atoms with E-state index in [9.17, 15) is 4.79 Å². The van der Waals surface area contributed by atoms with E-state index in [1.165, 1.54) is 26.9 Å². The highest BCUT2D eigenvalue weighted by molar-refractivity contribution is 7.80. The van der Waals surface area contributed by atoms with Crippen molar-refractivity contribution < 1.29 is 19.0 Å². The fraction of sp³-hybridized carbons (Fsp3) is 0.263. The van der Waals surface area contributed by atoms with Crippen molar-refractivity contribution in [2.24, 2.45) is 0 Å². The Labute approximate surface area is 158 Å². The molecule has 2 aromatic carbocycles. The van der Waals surface area contributed by atoms with Crippen LogP contribution in [0.2, 0.25) is 0 Å².